The van der Waals surface area contributed by atoms with E-state index in [9.17, 15) is 0 Å². The van der Waals surface area contributed by atoms with Gasteiger partial charge < -0.3 is 10.2 Å². The largest absolute Gasteiger partial charge is 0.372 e. The molecule has 0 radical (unpaired) electrons. The minimum atomic E-state index is 0.420. The van der Waals surface area contributed by atoms with E-state index in [0.717, 1.165) is 24.7 Å². The van der Waals surface area contributed by atoms with Crippen molar-refractivity contribution in [3.63, 3.8) is 0 Å². The van der Waals surface area contributed by atoms with E-state index < -0.39 is 0 Å². The second-order valence-corrected chi connectivity index (χ2v) is 5.86. The fraction of sp³-hybridized carbons (Fsp3) is 0.333. The van der Waals surface area contributed by atoms with Crippen molar-refractivity contribution < 1.29 is 0 Å². The third-order valence-electron chi connectivity index (χ3n) is 4.15. The number of piperidine rings is 1. The van der Waals surface area contributed by atoms with Crippen LogP contribution in [0.15, 0.2) is 42.5 Å². The number of aromatic nitrogens is 1. The van der Waals surface area contributed by atoms with Crippen LogP contribution in [0.2, 0.25) is 0 Å². The van der Waals surface area contributed by atoms with Crippen LogP contribution in [0.25, 0.3) is 0 Å². The number of hydrogen-bond donors (Lipinski definition) is 1. The SMILES string of the molecule is CC1CCN(c2ccc(Nc3cccc(C#N)n3)cc2)CC1. The van der Waals surface area contributed by atoms with Gasteiger partial charge in [0.2, 0.25) is 0 Å². The van der Waals surface area contributed by atoms with Crippen LogP contribution in [0.3, 0.4) is 0 Å². The van der Waals surface area contributed by atoms with Gasteiger partial charge in [-0.25, -0.2) is 4.98 Å². The summed E-state index contributed by atoms with van der Waals surface area (Å²) in [7, 11) is 0. The molecular formula is C18H20N4. The first-order chi connectivity index (χ1) is 10.7. The molecule has 1 N–H and O–H groups in total. The summed E-state index contributed by atoms with van der Waals surface area (Å²) < 4.78 is 0. The molecule has 0 saturated carbocycles. The average Bonchev–Trinajstić information content (AvgIpc) is 2.57. The van der Waals surface area contributed by atoms with Crippen LogP contribution < -0.4 is 10.2 Å². The average molecular weight is 292 g/mol. The van der Waals surface area contributed by atoms with Crippen molar-refractivity contribution >= 4 is 17.2 Å². The molecule has 3 rings (SSSR count). The summed E-state index contributed by atoms with van der Waals surface area (Å²) in [5.41, 5.74) is 2.68. The van der Waals surface area contributed by atoms with E-state index in [2.05, 4.69) is 52.5 Å². The highest BCUT2D eigenvalue weighted by atomic mass is 15.1. The van der Waals surface area contributed by atoms with Crippen LogP contribution in [0.4, 0.5) is 17.2 Å². The van der Waals surface area contributed by atoms with Crippen LogP contribution >= 0.6 is 0 Å². The Hall–Kier alpha value is -2.54. The topological polar surface area (TPSA) is 52.0 Å². The van der Waals surface area contributed by atoms with E-state index in [-0.39, 0.29) is 0 Å². The summed E-state index contributed by atoms with van der Waals surface area (Å²) in [4.78, 5) is 6.67. The molecule has 0 unspecified atom stereocenters. The third-order valence-corrected chi connectivity index (χ3v) is 4.15. The molecule has 22 heavy (non-hydrogen) atoms. The highest BCUT2D eigenvalue weighted by Crippen LogP contribution is 2.25. The van der Waals surface area contributed by atoms with Gasteiger partial charge in [-0.2, -0.15) is 5.26 Å². The van der Waals surface area contributed by atoms with Crippen molar-refractivity contribution in [2.45, 2.75) is 19.8 Å². The molecule has 4 nitrogen and oxygen atoms in total. The zero-order valence-electron chi connectivity index (χ0n) is 12.8. The Morgan fingerprint density at radius 3 is 2.55 bits per heavy atom. The summed E-state index contributed by atoms with van der Waals surface area (Å²) in [5.74, 6) is 1.54. The third kappa shape index (κ3) is 3.37. The summed E-state index contributed by atoms with van der Waals surface area (Å²) >= 11 is 0. The Balaban J connectivity index is 1.67. The molecule has 1 aliphatic rings. The Kier molecular flexibility index (Phi) is 4.24. The maximum absolute atomic E-state index is 8.88. The van der Waals surface area contributed by atoms with Gasteiger partial charge in [0.15, 0.2) is 0 Å². The highest BCUT2D eigenvalue weighted by Gasteiger charge is 2.15. The van der Waals surface area contributed by atoms with Gasteiger partial charge in [-0.3, -0.25) is 0 Å². The molecule has 4 heteroatoms. The number of anilines is 3. The molecule has 1 fully saturated rings. The van der Waals surface area contributed by atoms with Crippen LogP contribution in [0, 0.1) is 17.2 Å². The van der Waals surface area contributed by atoms with E-state index in [0.29, 0.717) is 11.5 Å². The number of pyridine rings is 1. The summed E-state index contributed by atoms with van der Waals surface area (Å²) in [6.45, 7) is 4.60. The molecule has 0 amide bonds. The molecule has 0 atom stereocenters. The fourth-order valence-electron chi connectivity index (χ4n) is 2.74. The molecule has 2 aromatic rings. The Labute approximate surface area is 131 Å². The van der Waals surface area contributed by atoms with Gasteiger partial charge in [0.05, 0.1) is 0 Å². The molecule has 1 aromatic heterocycles. The smallest absolute Gasteiger partial charge is 0.142 e. The van der Waals surface area contributed by atoms with Crippen LogP contribution in [-0.2, 0) is 0 Å². The van der Waals surface area contributed by atoms with Gasteiger partial charge in [0.25, 0.3) is 0 Å². The lowest BCUT2D eigenvalue weighted by Crippen LogP contribution is -2.32. The molecule has 1 aliphatic heterocycles. The predicted molar refractivity (Wildman–Crippen MR) is 89.3 cm³/mol. The van der Waals surface area contributed by atoms with Gasteiger partial charge in [-0.15, -0.1) is 0 Å². The normalized spacial score (nSPS) is 15.4. The zero-order valence-corrected chi connectivity index (χ0v) is 12.8. The Bertz CT molecular complexity index is 664. The van der Waals surface area contributed by atoms with Gasteiger partial charge in [0.1, 0.15) is 17.6 Å². The first-order valence-electron chi connectivity index (χ1n) is 7.74. The number of nitrogens with zero attached hydrogens (tertiary/aromatic N) is 3. The van der Waals surface area contributed by atoms with Crippen LogP contribution in [0.1, 0.15) is 25.5 Å². The Morgan fingerprint density at radius 2 is 1.86 bits per heavy atom. The first-order valence-corrected chi connectivity index (χ1v) is 7.74. The lowest BCUT2D eigenvalue weighted by Gasteiger charge is -2.32. The van der Waals surface area contributed by atoms with E-state index in [1.54, 1.807) is 6.07 Å². The van der Waals surface area contributed by atoms with Gasteiger partial charge in [-0.05, 0) is 55.2 Å². The standard InChI is InChI=1S/C18H20N4/c1-14-9-11-22(12-10-14)17-7-5-15(6-8-17)20-18-4-2-3-16(13-19)21-18/h2-8,14H,9-12H2,1H3,(H,20,21). The van der Waals surface area contributed by atoms with Crippen molar-refractivity contribution in [3.8, 4) is 6.07 Å². The molecule has 1 aromatic carbocycles. The monoisotopic (exact) mass is 292 g/mol. The molecule has 0 bridgehead atoms. The summed E-state index contributed by atoms with van der Waals surface area (Å²) in [5, 5.41) is 12.1. The predicted octanol–water partition coefficient (Wildman–Crippen LogP) is 3.93. The Morgan fingerprint density at radius 1 is 1.14 bits per heavy atom. The van der Waals surface area contributed by atoms with E-state index in [4.69, 9.17) is 5.26 Å². The molecule has 112 valence electrons. The lowest BCUT2D eigenvalue weighted by atomic mass is 9.99. The lowest BCUT2D eigenvalue weighted by molar-refractivity contribution is 0.438. The minimum Gasteiger partial charge on any atom is -0.372 e. The van der Waals surface area contributed by atoms with Crippen LogP contribution in [0.5, 0.6) is 0 Å². The van der Waals surface area contributed by atoms with Crippen molar-refractivity contribution in [2.24, 2.45) is 5.92 Å². The first kappa shape index (κ1) is 14.4. The molecular weight excluding hydrogens is 272 g/mol. The molecule has 0 spiro atoms. The zero-order chi connectivity index (χ0) is 15.4. The van der Waals surface area contributed by atoms with Crippen molar-refractivity contribution in [1.82, 2.24) is 4.98 Å². The second kappa shape index (κ2) is 6.48. The quantitative estimate of drug-likeness (QED) is 0.931. The van der Waals surface area contributed by atoms with E-state index in [1.165, 1.54) is 18.5 Å². The second-order valence-electron chi connectivity index (χ2n) is 5.86. The number of rotatable bonds is 3. The summed E-state index contributed by atoms with van der Waals surface area (Å²) in [6, 6.07) is 15.9. The van der Waals surface area contributed by atoms with Crippen LogP contribution in [-0.4, -0.2) is 18.1 Å². The summed E-state index contributed by atoms with van der Waals surface area (Å²) in [6.07, 6.45) is 2.54. The molecule has 0 aliphatic carbocycles. The maximum Gasteiger partial charge on any atom is 0.142 e. The fourth-order valence-corrected chi connectivity index (χ4v) is 2.74. The minimum absolute atomic E-state index is 0.420. The van der Waals surface area contributed by atoms with Crippen molar-refractivity contribution in [2.75, 3.05) is 23.3 Å². The number of nitrogens with one attached hydrogen (secondary N) is 1. The molecule has 1 saturated heterocycles. The van der Waals surface area contributed by atoms with Gasteiger partial charge >= 0.3 is 0 Å². The maximum atomic E-state index is 8.88. The van der Waals surface area contributed by atoms with Gasteiger partial charge in [0, 0.05) is 24.5 Å². The number of hydrogen-bond acceptors (Lipinski definition) is 4. The van der Waals surface area contributed by atoms with E-state index in [1.807, 2.05) is 12.1 Å². The van der Waals surface area contributed by atoms with E-state index >= 15 is 0 Å². The van der Waals surface area contributed by atoms with Crippen molar-refractivity contribution in [1.29, 1.82) is 5.26 Å². The number of benzene rings is 1. The number of nitriles is 1. The van der Waals surface area contributed by atoms with Gasteiger partial charge in [-0.1, -0.05) is 13.0 Å². The van der Waals surface area contributed by atoms with Crippen molar-refractivity contribution in [3.05, 3.63) is 48.2 Å². The molecule has 2 heterocycles. The highest BCUT2D eigenvalue weighted by molar-refractivity contribution is 5.61.